The third-order valence-electron chi connectivity index (χ3n) is 3.16. The van der Waals surface area contributed by atoms with Gasteiger partial charge in [0.15, 0.2) is 0 Å². The molecule has 0 radical (unpaired) electrons. The van der Waals surface area contributed by atoms with Crippen LogP contribution in [0.1, 0.15) is 22.3 Å². The van der Waals surface area contributed by atoms with Crippen LogP contribution < -0.4 is 10.1 Å². The molecule has 0 aliphatic carbocycles. The number of ether oxygens (including phenoxy) is 2. The maximum atomic E-state index is 12.0. The molecule has 0 saturated carbocycles. The Morgan fingerprint density at radius 3 is 2.68 bits per heavy atom. The Morgan fingerprint density at radius 1 is 1.09 bits per heavy atom. The minimum atomic E-state index is -0.0961. The molecule has 0 aromatic heterocycles. The monoisotopic (exact) mass is 299 g/mol. The average Bonchev–Trinajstić information content (AvgIpc) is 2.58. The second-order valence-electron chi connectivity index (χ2n) is 4.90. The molecule has 0 saturated heterocycles. The molecule has 4 nitrogen and oxygen atoms in total. The largest absolute Gasteiger partial charge is 0.489 e. The van der Waals surface area contributed by atoms with Gasteiger partial charge in [-0.05, 0) is 30.2 Å². The summed E-state index contributed by atoms with van der Waals surface area (Å²) in [4.78, 5) is 12.0. The van der Waals surface area contributed by atoms with E-state index < -0.39 is 0 Å². The molecule has 2 aromatic carbocycles. The minimum Gasteiger partial charge on any atom is -0.489 e. The predicted octanol–water partition coefficient (Wildman–Crippen LogP) is 3.03. The Hall–Kier alpha value is -2.33. The molecule has 2 aromatic rings. The zero-order valence-corrected chi connectivity index (χ0v) is 12.7. The van der Waals surface area contributed by atoms with E-state index in [2.05, 4.69) is 5.32 Å². The Bertz CT molecular complexity index is 584. The van der Waals surface area contributed by atoms with Gasteiger partial charge in [0, 0.05) is 25.8 Å². The van der Waals surface area contributed by atoms with Crippen LogP contribution in [0.3, 0.4) is 0 Å². The highest BCUT2D eigenvalue weighted by Gasteiger charge is 2.06. The second-order valence-corrected chi connectivity index (χ2v) is 4.90. The van der Waals surface area contributed by atoms with E-state index in [9.17, 15) is 4.79 Å². The van der Waals surface area contributed by atoms with Crippen LogP contribution in [0.25, 0.3) is 0 Å². The third kappa shape index (κ3) is 5.22. The smallest absolute Gasteiger partial charge is 0.251 e. The van der Waals surface area contributed by atoms with E-state index in [1.807, 2.05) is 42.5 Å². The first-order valence-electron chi connectivity index (χ1n) is 7.33. The molecule has 0 fully saturated rings. The lowest BCUT2D eigenvalue weighted by atomic mass is 10.2. The molecule has 1 N–H and O–H groups in total. The number of amides is 1. The molecular formula is C18H21NO3. The van der Waals surface area contributed by atoms with Gasteiger partial charge in [0.2, 0.25) is 0 Å². The van der Waals surface area contributed by atoms with Gasteiger partial charge < -0.3 is 14.8 Å². The molecule has 0 heterocycles. The molecule has 4 heteroatoms. The number of hydrogen-bond donors (Lipinski definition) is 1. The number of nitrogens with one attached hydrogen (secondary N) is 1. The van der Waals surface area contributed by atoms with Crippen molar-refractivity contribution in [3.8, 4) is 5.75 Å². The van der Waals surface area contributed by atoms with E-state index in [1.54, 1.807) is 19.2 Å². The van der Waals surface area contributed by atoms with Crippen molar-refractivity contribution in [2.45, 2.75) is 13.0 Å². The summed E-state index contributed by atoms with van der Waals surface area (Å²) >= 11 is 0. The highest BCUT2D eigenvalue weighted by molar-refractivity contribution is 5.94. The number of rotatable bonds is 8. The van der Waals surface area contributed by atoms with Crippen LogP contribution in [-0.4, -0.2) is 26.2 Å². The first kappa shape index (κ1) is 16.0. The Labute approximate surface area is 131 Å². The van der Waals surface area contributed by atoms with Crippen LogP contribution in [0.4, 0.5) is 0 Å². The Kier molecular flexibility index (Phi) is 6.45. The van der Waals surface area contributed by atoms with Crippen molar-refractivity contribution < 1.29 is 14.3 Å². The Morgan fingerprint density at radius 2 is 1.91 bits per heavy atom. The summed E-state index contributed by atoms with van der Waals surface area (Å²) < 4.78 is 10.7. The summed E-state index contributed by atoms with van der Waals surface area (Å²) in [7, 11) is 1.65. The van der Waals surface area contributed by atoms with Crippen LogP contribution in [0.5, 0.6) is 5.75 Å². The first-order valence-corrected chi connectivity index (χ1v) is 7.33. The van der Waals surface area contributed by atoms with E-state index in [0.717, 1.165) is 12.0 Å². The molecule has 0 unspecified atom stereocenters. The van der Waals surface area contributed by atoms with E-state index in [-0.39, 0.29) is 5.91 Å². The van der Waals surface area contributed by atoms with Gasteiger partial charge in [-0.25, -0.2) is 0 Å². The molecule has 0 aliphatic rings. The highest BCUT2D eigenvalue weighted by atomic mass is 16.5. The zero-order valence-electron chi connectivity index (χ0n) is 12.7. The van der Waals surface area contributed by atoms with Crippen LogP contribution >= 0.6 is 0 Å². The van der Waals surface area contributed by atoms with Crippen LogP contribution in [0, 0.1) is 0 Å². The quantitative estimate of drug-likeness (QED) is 0.762. The molecule has 1 amide bonds. The van der Waals surface area contributed by atoms with Gasteiger partial charge in [0.1, 0.15) is 12.4 Å². The molecule has 0 atom stereocenters. The number of hydrogen-bond acceptors (Lipinski definition) is 3. The van der Waals surface area contributed by atoms with Gasteiger partial charge in [-0.3, -0.25) is 4.79 Å². The molecule has 0 bridgehead atoms. The molecule has 116 valence electrons. The summed E-state index contributed by atoms with van der Waals surface area (Å²) in [5.41, 5.74) is 1.69. The van der Waals surface area contributed by atoms with Crippen molar-refractivity contribution in [1.82, 2.24) is 5.32 Å². The van der Waals surface area contributed by atoms with Crippen molar-refractivity contribution in [2.75, 3.05) is 20.3 Å². The average molecular weight is 299 g/mol. The fourth-order valence-electron chi connectivity index (χ4n) is 1.99. The Balaban J connectivity index is 1.87. The predicted molar refractivity (Wildman–Crippen MR) is 86.0 cm³/mol. The van der Waals surface area contributed by atoms with Gasteiger partial charge in [-0.15, -0.1) is 0 Å². The fraction of sp³-hybridized carbons (Fsp3) is 0.278. The lowest BCUT2D eigenvalue weighted by Gasteiger charge is -2.09. The summed E-state index contributed by atoms with van der Waals surface area (Å²) in [5, 5.41) is 2.86. The lowest BCUT2D eigenvalue weighted by molar-refractivity contribution is 0.0948. The van der Waals surface area contributed by atoms with E-state index in [0.29, 0.717) is 31.1 Å². The van der Waals surface area contributed by atoms with Crippen molar-refractivity contribution in [3.63, 3.8) is 0 Å². The standard InChI is InChI=1S/C18H21NO3/c1-21-12-6-11-19-18(20)16-9-5-10-17(13-16)22-14-15-7-3-2-4-8-15/h2-5,7-10,13H,6,11-12,14H2,1H3,(H,19,20). The molecule has 2 rings (SSSR count). The normalized spacial score (nSPS) is 10.2. The maximum absolute atomic E-state index is 12.0. The van der Waals surface area contributed by atoms with E-state index in [1.165, 1.54) is 0 Å². The molecule has 0 spiro atoms. The molecular weight excluding hydrogens is 278 g/mol. The van der Waals surface area contributed by atoms with Crippen LogP contribution in [0.2, 0.25) is 0 Å². The van der Waals surface area contributed by atoms with Crippen LogP contribution in [-0.2, 0) is 11.3 Å². The molecule has 0 aliphatic heterocycles. The summed E-state index contributed by atoms with van der Waals surface area (Å²) in [6, 6.07) is 17.1. The highest BCUT2D eigenvalue weighted by Crippen LogP contribution is 2.15. The minimum absolute atomic E-state index is 0.0961. The van der Waals surface area contributed by atoms with E-state index >= 15 is 0 Å². The SMILES string of the molecule is COCCCNC(=O)c1cccc(OCc2ccccc2)c1. The number of methoxy groups -OCH3 is 1. The van der Waals surface area contributed by atoms with Gasteiger partial charge >= 0.3 is 0 Å². The van der Waals surface area contributed by atoms with Crippen molar-refractivity contribution >= 4 is 5.91 Å². The van der Waals surface area contributed by atoms with Gasteiger partial charge in [-0.2, -0.15) is 0 Å². The lowest BCUT2D eigenvalue weighted by Crippen LogP contribution is -2.25. The van der Waals surface area contributed by atoms with Gasteiger partial charge in [0.05, 0.1) is 0 Å². The second kappa shape index (κ2) is 8.85. The number of benzene rings is 2. The number of carbonyl (C=O) groups excluding carboxylic acids is 1. The van der Waals surface area contributed by atoms with Crippen molar-refractivity contribution in [2.24, 2.45) is 0 Å². The van der Waals surface area contributed by atoms with Crippen LogP contribution in [0.15, 0.2) is 54.6 Å². The fourth-order valence-corrected chi connectivity index (χ4v) is 1.99. The van der Waals surface area contributed by atoms with E-state index in [4.69, 9.17) is 9.47 Å². The summed E-state index contributed by atoms with van der Waals surface area (Å²) in [6.45, 7) is 1.72. The van der Waals surface area contributed by atoms with Crippen molar-refractivity contribution in [3.05, 3.63) is 65.7 Å². The molecule has 22 heavy (non-hydrogen) atoms. The van der Waals surface area contributed by atoms with Gasteiger partial charge in [-0.1, -0.05) is 36.4 Å². The number of carbonyl (C=O) groups is 1. The topological polar surface area (TPSA) is 47.6 Å². The van der Waals surface area contributed by atoms with Crippen molar-refractivity contribution in [1.29, 1.82) is 0 Å². The third-order valence-corrected chi connectivity index (χ3v) is 3.16. The zero-order chi connectivity index (χ0) is 15.6. The first-order chi connectivity index (χ1) is 10.8. The summed E-state index contributed by atoms with van der Waals surface area (Å²) in [6.07, 6.45) is 0.798. The summed E-state index contributed by atoms with van der Waals surface area (Å²) in [5.74, 6) is 0.592. The van der Waals surface area contributed by atoms with Gasteiger partial charge in [0.25, 0.3) is 5.91 Å². The maximum Gasteiger partial charge on any atom is 0.251 e.